The second-order valence-corrected chi connectivity index (χ2v) is 8.31. The van der Waals surface area contributed by atoms with Crippen LogP contribution in [0.3, 0.4) is 0 Å². The summed E-state index contributed by atoms with van der Waals surface area (Å²) < 4.78 is 20.2. The first-order valence-electron chi connectivity index (χ1n) is 11.3. The Morgan fingerprint density at radius 3 is 2.46 bits per heavy atom. The second kappa shape index (κ2) is 10.1. The lowest BCUT2D eigenvalue weighted by Gasteiger charge is -2.34. The van der Waals surface area contributed by atoms with Gasteiger partial charge in [0.25, 0.3) is 0 Å². The number of hydrogen-bond donors (Lipinski definition) is 0. The van der Waals surface area contributed by atoms with Crippen LogP contribution in [0.1, 0.15) is 13.8 Å². The number of cyclic esters (lactones) is 1. The molecule has 1 atom stereocenters. The molecular weight excluding hydrogens is 455 g/mol. The fraction of sp³-hybridized carbons (Fsp3) is 0.375. The molecule has 35 heavy (non-hydrogen) atoms. The van der Waals surface area contributed by atoms with Gasteiger partial charge in [0.1, 0.15) is 18.6 Å². The third-order valence-corrected chi connectivity index (χ3v) is 6.16. The number of hydrogen-bond acceptors (Lipinski definition) is 7. The molecule has 10 nitrogen and oxygen atoms in total. The molecule has 0 aliphatic carbocycles. The molecule has 2 aliphatic heterocycles. The van der Waals surface area contributed by atoms with Crippen molar-refractivity contribution < 1.29 is 23.5 Å². The van der Waals surface area contributed by atoms with Crippen molar-refractivity contribution >= 4 is 29.5 Å². The van der Waals surface area contributed by atoms with Gasteiger partial charge in [0, 0.05) is 63.7 Å². The van der Waals surface area contributed by atoms with Crippen LogP contribution in [0, 0.1) is 5.82 Å². The van der Waals surface area contributed by atoms with Gasteiger partial charge in [-0.25, -0.2) is 19.2 Å². The van der Waals surface area contributed by atoms with Crippen LogP contribution in [0.2, 0.25) is 0 Å². The van der Waals surface area contributed by atoms with Crippen LogP contribution >= 0.6 is 0 Å². The lowest BCUT2D eigenvalue weighted by atomic mass is 10.1. The van der Waals surface area contributed by atoms with Gasteiger partial charge in [0.2, 0.25) is 17.8 Å². The SMILES string of the molecule is CC=CC(=O)N1CCN(c2ncc(-c3ccc(N4C(=O)OC[C@H]4N(C)C(C)=O)cc3F)cn2)CC1. The Kier molecular flexibility index (Phi) is 6.94. The number of ether oxygens (including phenoxy) is 1. The molecule has 3 heterocycles. The maximum absolute atomic E-state index is 15.1. The number of halogens is 1. The normalized spacial score (nSPS) is 18.2. The topological polar surface area (TPSA) is 99.2 Å². The van der Waals surface area contributed by atoms with E-state index in [0.717, 1.165) is 0 Å². The maximum atomic E-state index is 15.1. The lowest BCUT2D eigenvalue weighted by molar-refractivity contribution is -0.129. The highest BCUT2D eigenvalue weighted by Gasteiger charge is 2.38. The number of carbonyl (C=O) groups excluding carboxylic acids is 3. The van der Waals surface area contributed by atoms with E-state index < -0.39 is 18.1 Å². The molecule has 11 heteroatoms. The molecular formula is C24H27FN6O4. The summed E-state index contributed by atoms with van der Waals surface area (Å²) in [5.41, 5.74) is 1.06. The van der Waals surface area contributed by atoms with E-state index in [-0.39, 0.29) is 29.7 Å². The monoisotopic (exact) mass is 482 g/mol. The molecule has 3 amide bonds. The molecule has 0 radical (unpaired) electrons. The quantitative estimate of drug-likeness (QED) is 0.603. The first-order valence-corrected chi connectivity index (χ1v) is 11.3. The van der Waals surface area contributed by atoms with Gasteiger partial charge in [-0.1, -0.05) is 6.08 Å². The van der Waals surface area contributed by atoms with E-state index in [9.17, 15) is 14.4 Å². The predicted octanol–water partition coefficient (Wildman–Crippen LogP) is 2.27. The van der Waals surface area contributed by atoms with Crippen LogP contribution in [0.5, 0.6) is 0 Å². The Hall–Kier alpha value is -4.02. The number of carbonyl (C=O) groups is 3. The Balaban J connectivity index is 1.47. The first-order chi connectivity index (χ1) is 16.8. The minimum Gasteiger partial charge on any atom is -0.445 e. The van der Waals surface area contributed by atoms with Crippen molar-refractivity contribution in [1.82, 2.24) is 19.8 Å². The largest absolute Gasteiger partial charge is 0.445 e. The first kappa shape index (κ1) is 24.1. The highest BCUT2D eigenvalue weighted by molar-refractivity contribution is 5.91. The van der Waals surface area contributed by atoms with E-state index in [2.05, 4.69) is 9.97 Å². The van der Waals surface area contributed by atoms with Gasteiger partial charge in [0.05, 0.1) is 5.69 Å². The molecule has 0 spiro atoms. The number of benzene rings is 1. The molecule has 4 rings (SSSR count). The van der Waals surface area contributed by atoms with Crippen molar-refractivity contribution in [3.63, 3.8) is 0 Å². The molecule has 2 aromatic rings. The van der Waals surface area contributed by atoms with Crippen molar-refractivity contribution in [2.45, 2.75) is 20.0 Å². The van der Waals surface area contributed by atoms with E-state index >= 15 is 4.39 Å². The number of amides is 3. The molecule has 2 aliphatic rings. The fourth-order valence-electron chi connectivity index (χ4n) is 4.07. The van der Waals surface area contributed by atoms with E-state index in [1.807, 2.05) is 11.8 Å². The number of piperazine rings is 1. The van der Waals surface area contributed by atoms with Gasteiger partial charge in [0.15, 0.2) is 0 Å². The van der Waals surface area contributed by atoms with Crippen LogP contribution in [-0.2, 0) is 14.3 Å². The molecule has 2 saturated heterocycles. The van der Waals surface area contributed by atoms with Gasteiger partial charge in [-0.05, 0) is 31.2 Å². The zero-order valence-corrected chi connectivity index (χ0v) is 19.8. The minimum absolute atomic E-state index is 0.00527. The zero-order chi connectivity index (χ0) is 25.1. The summed E-state index contributed by atoms with van der Waals surface area (Å²) >= 11 is 0. The molecule has 0 N–H and O–H groups in total. The van der Waals surface area contributed by atoms with Crippen molar-refractivity contribution in [2.75, 3.05) is 49.6 Å². The zero-order valence-electron chi connectivity index (χ0n) is 19.8. The molecule has 2 fully saturated rings. The molecule has 184 valence electrons. The standard InChI is InChI=1S/C24H27FN6O4/c1-4-5-22(33)29-8-10-30(11-9-29)23-26-13-17(14-27-23)19-7-6-18(12-20(19)25)31-21(15-35-24(31)34)28(3)16(2)32/h4-7,12-14,21H,8-11,15H2,1-3H3/t21-/m0/s1. The van der Waals surface area contributed by atoms with E-state index in [0.29, 0.717) is 37.7 Å². The molecule has 0 bridgehead atoms. The minimum atomic E-state index is -0.651. The number of anilines is 2. The van der Waals surface area contributed by atoms with Gasteiger partial charge < -0.3 is 19.4 Å². The summed E-state index contributed by atoms with van der Waals surface area (Å²) in [5.74, 6) is -0.292. The smallest absolute Gasteiger partial charge is 0.416 e. The number of allylic oxidation sites excluding steroid dienone is 1. The molecule has 0 unspecified atom stereocenters. The van der Waals surface area contributed by atoms with E-state index in [1.165, 1.54) is 22.8 Å². The Morgan fingerprint density at radius 2 is 1.86 bits per heavy atom. The second-order valence-electron chi connectivity index (χ2n) is 8.31. The number of likely N-dealkylation sites (N-methyl/N-ethyl adjacent to an activating group) is 1. The lowest BCUT2D eigenvalue weighted by Crippen LogP contribution is -2.48. The summed E-state index contributed by atoms with van der Waals surface area (Å²) in [5, 5.41) is 0. The molecule has 0 saturated carbocycles. The summed E-state index contributed by atoms with van der Waals surface area (Å²) in [6.45, 7) is 5.56. The van der Waals surface area contributed by atoms with Gasteiger partial charge >= 0.3 is 6.09 Å². The summed E-state index contributed by atoms with van der Waals surface area (Å²) in [4.78, 5) is 51.2. The van der Waals surface area contributed by atoms with Gasteiger partial charge in [-0.2, -0.15) is 0 Å². The van der Waals surface area contributed by atoms with Crippen LogP contribution < -0.4 is 9.80 Å². The number of rotatable bonds is 5. The van der Waals surface area contributed by atoms with Gasteiger partial charge in [-0.15, -0.1) is 0 Å². The van der Waals surface area contributed by atoms with Crippen LogP contribution in [0.15, 0.2) is 42.7 Å². The third-order valence-electron chi connectivity index (χ3n) is 6.16. The Bertz CT molecular complexity index is 1150. The predicted molar refractivity (Wildman–Crippen MR) is 127 cm³/mol. The van der Waals surface area contributed by atoms with E-state index in [1.54, 1.807) is 48.6 Å². The maximum Gasteiger partial charge on any atom is 0.416 e. The van der Waals surface area contributed by atoms with Crippen molar-refractivity contribution in [3.05, 3.63) is 48.6 Å². The summed E-state index contributed by atoms with van der Waals surface area (Å²) in [7, 11) is 1.56. The van der Waals surface area contributed by atoms with Crippen LogP contribution in [0.25, 0.3) is 11.1 Å². The van der Waals surface area contributed by atoms with Crippen LogP contribution in [-0.4, -0.2) is 83.7 Å². The van der Waals surface area contributed by atoms with Gasteiger partial charge in [-0.3, -0.25) is 14.5 Å². The number of nitrogens with zero attached hydrogens (tertiary/aromatic N) is 6. The Labute approximate surface area is 202 Å². The Morgan fingerprint density at radius 1 is 1.17 bits per heavy atom. The molecule has 1 aromatic carbocycles. The third kappa shape index (κ3) is 4.93. The number of aromatic nitrogens is 2. The average molecular weight is 483 g/mol. The summed E-state index contributed by atoms with van der Waals surface area (Å²) in [6, 6.07) is 4.38. The van der Waals surface area contributed by atoms with Crippen molar-refractivity contribution in [1.29, 1.82) is 0 Å². The van der Waals surface area contributed by atoms with Crippen LogP contribution in [0.4, 0.5) is 20.8 Å². The summed E-state index contributed by atoms with van der Waals surface area (Å²) in [6.07, 6.45) is 5.08. The average Bonchev–Trinajstić information content (AvgIpc) is 3.25. The highest BCUT2D eigenvalue weighted by Crippen LogP contribution is 2.30. The highest BCUT2D eigenvalue weighted by atomic mass is 19.1. The molecule has 1 aromatic heterocycles. The van der Waals surface area contributed by atoms with Crippen molar-refractivity contribution in [2.24, 2.45) is 0 Å². The van der Waals surface area contributed by atoms with E-state index in [4.69, 9.17) is 4.74 Å². The fourth-order valence-corrected chi connectivity index (χ4v) is 4.07. The van der Waals surface area contributed by atoms with Crippen molar-refractivity contribution in [3.8, 4) is 11.1 Å².